The van der Waals surface area contributed by atoms with Gasteiger partial charge in [-0.3, -0.25) is 0 Å². The Bertz CT molecular complexity index is 565. The molecular weight excluding hydrogens is 256 g/mol. The summed E-state index contributed by atoms with van der Waals surface area (Å²) in [7, 11) is 0. The van der Waals surface area contributed by atoms with Crippen molar-refractivity contribution in [3.8, 4) is 17.1 Å². The van der Waals surface area contributed by atoms with E-state index in [1.807, 2.05) is 24.3 Å². The van der Waals surface area contributed by atoms with Gasteiger partial charge >= 0.3 is 5.97 Å². The van der Waals surface area contributed by atoms with E-state index >= 15 is 0 Å². The van der Waals surface area contributed by atoms with Gasteiger partial charge in [-0.25, -0.2) is 14.8 Å². The molecule has 1 N–H and O–H groups in total. The van der Waals surface area contributed by atoms with Crippen LogP contribution in [0.25, 0.3) is 11.4 Å². The molecule has 1 heterocycles. The number of rotatable bonds is 6. The number of ether oxygens (including phenoxy) is 1. The van der Waals surface area contributed by atoms with E-state index in [9.17, 15) is 4.79 Å². The van der Waals surface area contributed by atoms with Gasteiger partial charge in [-0.15, -0.1) is 0 Å². The van der Waals surface area contributed by atoms with Crippen molar-refractivity contribution in [2.75, 3.05) is 6.61 Å². The molecule has 1 aromatic carbocycles. The fraction of sp³-hybridized carbons (Fsp3) is 0.267. The number of hydrogen-bond acceptors (Lipinski definition) is 4. The lowest BCUT2D eigenvalue weighted by Gasteiger charge is -2.06. The van der Waals surface area contributed by atoms with Crippen molar-refractivity contribution in [2.45, 2.75) is 19.8 Å². The predicted molar refractivity (Wildman–Crippen MR) is 74.8 cm³/mol. The zero-order chi connectivity index (χ0) is 14.4. The van der Waals surface area contributed by atoms with E-state index in [2.05, 4.69) is 16.9 Å². The second kappa shape index (κ2) is 6.65. The molecule has 0 unspecified atom stereocenters. The Morgan fingerprint density at radius 2 is 1.85 bits per heavy atom. The van der Waals surface area contributed by atoms with Gasteiger partial charge in [0.15, 0.2) is 5.82 Å². The summed E-state index contributed by atoms with van der Waals surface area (Å²) in [5, 5.41) is 8.79. The van der Waals surface area contributed by atoms with Crippen LogP contribution < -0.4 is 4.74 Å². The third-order valence-corrected chi connectivity index (χ3v) is 2.78. The Kier molecular flexibility index (Phi) is 4.65. The summed E-state index contributed by atoms with van der Waals surface area (Å²) >= 11 is 0. The molecule has 0 radical (unpaired) electrons. The molecule has 5 heteroatoms. The lowest BCUT2D eigenvalue weighted by Crippen LogP contribution is -1.99. The van der Waals surface area contributed by atoms with Crippen molar-refractivity contribution in [3.63, 3.8) is 0 Å². The van der Waals surface area contributed by atoms with Crippen molar-refractivity contribution in [3.05, 3.63) is 42.2 Å². The number of nitrogens with zero attached hydrogens (tertiary/aromatic N) is 2. The molecule has 2 aromatic rings. The van der Waals surface area contributed by atoms with Crippen LogP contribution in [0, 0.1) is 0 Å². The van der Waals surface area contributed by atoms with Gasteiger partial charge in [-0.05, 0) is 30.7 Å². The first kappa shape index (κ1) is 14.0. The van der Waals surface area contributed by atoms with Gasteiger partial charge < -0.3 is 9.84 Å². The van der Waals surface area contributed by atoms with E-state index in [0.717, 1.165) is 24.2 Å². The summed E-state index contributed by atoms with van der Waals surface area (Å²) in [5.74, 6) is 0.274. The van der Waals surface area contributed by atoms with Crippen molar-refractivity contribution >= 4 is 5.97 Å². The monoisotopic (exact) mass is 272 g/mol. The van der Waals surface area contributed by atoms with Crippen molar-refractivity contribution in [1.29, 1.82) is 0 Å². The standard InChI is InChI=1S/C15H16N2O3/c1-2-3-8-20-13-6-4-11(5-7-13)14-16-9-12(10-17-14)15(18)19/h4-7,9-10H,2-3,8H2,1H3,(H,18,19). The summed E-state index contributed by atoms with van der Waals surface area (Å²) in [6.45, 7) is 2.82. The van der Waals surface area contributed by atoms with Crippen LogP contribution in [0.2, 0.25) is 0 Å². The minimum atomic E-state index is -1.03. The SMILES string of the molecule is CCCCOc1ccc(-c2ncc(C(=O)O)cn2)cc1. The summed E-state index contributed by atoms with van der Waals surface area (Å²) in [5.41, 5.74) is 0.901. The van der Waals surface area contributed by atoms with Crippen LogP contribution in [0.3, 0.4) is 0 Å². The molecule has 0 bridgehead atoms. The van der Waals surface area contributed by atoms with Crippen LogP contribution in [-0.2, 0) is 0 Å². The third kappa shape index (κ3) is 3.54. The average Bonchev–Trinajstić information content (AvgIpc) is 2.48. The van der Waals surface area contributed by atoms with Crippen LogP contribution >= 0.6 is 0 Å². The molecule has 0 aliphatic rings. The maximum Gasteiger partial charge on any atom is 0.338 e. The average molecular weight is 272 g/mol. The molecule has 0 atom stereocenters. The van der Waals surface area contributed by atoms with Crippen LogP contribution in [0.1, 0.15) is 30.1 Å². The summed E-state index contributed by atoms with van der Waals surface area (Å²) in [6, 6.07) is 7.44. The van der Waals surface area contributed by atoms with Gasteiger partial charge in [-0.2, -0.15) is 0 Å². The van der Waals surface area contributed by atoms with Crippen LogP contribution in [0.4, 0.5) is 0 Å². The molecule has 0 saturated carbocycles. The quantitative estimate of drug-likeness (QED) is 0.818. The smallest absolute Gasteiger partial charge is 0.338 e. The highest BCUT2D eigenvalue weighted by Crippen LogP contribution is 2.19. The summed E-state index contributed by atoms with van der Waals surface area (Å²) in [6.07, 6.45) is 4.73. The Hall–Kier alpha value is -2.43. The first-order chi connectivity index (χ1) is 9.70. The van der Waals surface area contributed by atoms with Crippen molar-refractivity contribution in [1.82, 2.24) is 9.97 Å². The third-order valence-electron chi connectivity index (χ3n) is 2.78. The molecule has 1 aromatic heterocycles. The zero-order valence-electron chi connectivity index (χ0n) is 11.2. The Balaban J connectivity index is 2.07. The topological polar surface area (TPSA) is 72.3 Å². The van der Waals surface area contributed by atoms with E-state index in [0.29, 0.717) is 12.4 Å². The zero-order valence-corrected chi connectivity index (χ0v) is 11.2. The number of carboxylic acid groups (broad SMARTS) is 1. The van der Waals surface area contributed by atoms with Gasteiger partial charge in [0.05, 0.1) is 12.2 Å². The maximum absolute atomic E-state index is 10.7. The summed E-state index contributed by atoms with van der Waals surface area (Å²) in [4.78, 5) is 18.8. The minimum Gasteiger partial charge on any atom is -0.494 e. The van der Waals surface area contributed by atoms with Crippen LogP contribution in [0.15, 0.2) is 36.7 Å². The molecule has 5 nitrogen and oxygen atoms in total. The molecule has 20 heavy (non-hydrogen) atoms. The number of unbranched alkanes of at least 4 members (excludes halogenated alkanes) is 1. The molecule has 0 amide bonds. The maximum atomic E-state index is 10.7. The molecule has 0 saturated heterocycles. The van der Waals surface area contributed by atoms with Crippen LogP contribution in [-0.4, -0.2) is 27.7 Å². The first-order valence-corrected chi connectivity index (χ1v) is 6.49. The normalized spacial score (nSPS) is 10.2. The second-order valence-corrected chi connectivity index (χ2v) is 4.33. The molecule has 104 valence electrons. The Morgan fingerprint density at radius 3 is 2.40 bits per heavy atom. The van der Waals surface area contributed by atoms with E-state index in [-0.39, 0.29) is 5.56 Å². The molecular formula is C15H16N2O3. The van der Waals surface area contributed by atoms with Gasteiger partial charge in [0.25, 0.3) is 0 Å². The molecule has 0 spiro atoms. The van der Waals surface area contributed by atoms with E-state index in [1.165, 1.54) is 12.4 Å². The molecule has 0 aliphatic carbocycles. The largest absolute Gasteiger partial charge is 0.494 e. The van der Waals surface area contributed by atoms with E-state index < -0.39 is 5.97 Å². The predicted octanol–water partition coefficient (Wildman–Crippen LogP) is 3.02. The number of carbonyl (C=O) groups is 1. The Labute approximate surface area is 117 Å². The molecule has 0 fully saturated rings. The number of hydrogen-bond donors (Lipinski definition) is 1. The number of aromatic nitrogens is 2. The van der Waals surface area contributed by atoms with Crippen molar-refractivity contribution in [2.24, 2.45) is 0 Å². The van der Waals surface area contributed by atoms with Gasteiger partial charge in [-0.1, -0.05) is 13.3 Å². The molecule has 0 aliphatic heterocycles. The lowest BCUT2D eigenvalue weighted by atomic mass is 10.2. The van der Waals surface area contributed by atoms with Gasteiger partial charge in [0.2, 0.25) is 0 Å². The first-order valence-electron chi connectivity index (χ1n) is 6.49. The minimum absolute atomic E-state index is 0.0771. The highest BCUT2D eigenvalue weighted by molar-refractivity contribution is 5.86. The van der Waals surface area contributed by atoms with E-state index in [4.69, 9.17) is 9.84 Å². The lowest BCUT2D eigenvalue weighted by molar-refractivity contribution is 0.0696. The highest BCUT2D eigenvalue weighted by Gasteiger charge is 2.06. The number of benzene rings is 1. The van der Waals surface area contributed by atoms with Crippen molar-refractivity contribution < 1.29 is 14.6 Å². The number of aromatic carboxylic acids is 1. The van der Waals surface area contributed by atoms with Crippen LogP contribution in [0.5, 0.6) is 5.75 Å². The van der Waals surface area contributed by atoms with Gasteiger partial charge in [0, 0.05) is 18.0 Å². The number of carboxylic acids is 1. The second-order valence-electron chi connectivity index (χ2n) is 4.33. The highest BCUT2D eigenvalue weighted by atomic mass is 16.5. The fourth-order valence-electron chi connectivity index (χ4n) is 1.62. The van der Waals surface area contributed by atoms with Gasteiger partial charge in [0.1, 0.15) is 5.75 Å². The summed E-state index contributed by atoms with van der Waals surface area (Å²) < 4.78 is 5.57. The van der Waals surface area contributed by atoms with E-state index in [1.54, 1.807) is 0 Å². The fourth-order valence-corrected chi connectivity index (χ4v) is 1.62. The Morgan fingerprint density at radius 1 is 1.20 bits per heavy atom. The molecule has 2 rings (SSSR count).